The van der Waals surface area contributed by atoms with Crippen LogP contribution in [0, 0.1) is 0 Å². The predicted octanol–water partition coefficient (Wildman–Crippen LogP) is 13.4. The number of aromatic hydroxyl groups is 1. The van der Waals surface area contributed by atoms with Crippen LogP contribution >= 0.6 is 15.9 Å². The standard InChI is InChI=1S/C22H26O5.C21H19BrO4.C21H20O5/c1-24-20-10-15(11-21(25-2)22(20)26-3)18-12-17(23)16-8-13-6-4-5-7-14(13)9-19(16)27-18;1-24-19-10-13(9-16(22)21(19)25-2)18-11-17(23)15-8-7-12-5-3-4-6-14(12)20(15)26-18;1-24-18-9-13(10-19(25-2)20(18)23)17-11-16(22)15-8-7-12-5-3-4-6-14(12)21(15)26-17/h8-11,17-18,23H,4-7,12H2,1-3H3;3-10,17-18,23H,11H2,1-2H3;3-10,16-17,22-23H,11H2,1-2H3/t2*17?,18-;16?,17-/m000/s1. The molecule has 4 aliphatic rings. The van der Waals surface area contributed by atoms with Gasteiger partial charge in [-0.1, -0.05) is 72.8 Å². The number of hydrogen-bond acceptors (Lipinski definition) is 14. The first-order chi connectivity index (χ1) is 38.4. The largest absolute Gasteiger partial charge is 0.502 e. The lowest BCUT2D eigenvalue weighted by atomic mass is 9.86. The molecular formula is C64H65BrO14. The summed E-state index contributed by atoms with van der Waals surface area (Å²) in [5.74, 6) is 5.76. The van der Waals surface area contributed by atoms with Gasteiger partial charge in [0.2, 0.25) is 11.5 Å². The van der Waals surface area contributed by atoms with Crippen LogP contribution in [-0.2, 0) is 12.8 Å². The minimum absolute atomic E-state index is 0.0547. The third kappa shape index (κ3) is 11.0. The van der Waals surface area contributed by atoms with E-state index in [1.54, 1.807) is 47.7 Å². The van der Waals surface area contributed by atoms with E-state index in [-0.39, 0.29) is 24.1 Å². The molecule has 3 unspecified atom stereocenters. The molecule has 3 heterocycles. The highest BCUT2D eigenvalue weighted by atomic mass is 79.9. The highest BCUT2D eigenvalue weighted by molar-refractivity contribution is 9.10. The topological polar surface area (TPSA) is 173 Å². The van der Waals surface area contributed by atoms with Crippen LogP contribution < -0.4 is 47.4 Å². The Morgan fingerprint density at radius 2 is 0.835 bits per heavy atom. The number of aryl methyl sites for hydroxylation is 2. The highest BCUT2D eigenvalue weighted by Gasteiger charge is 2.34. The number of phenols is 1. The molecule has 0 radical (unpaired) electrons. The molecular weight excluding hydrogens is 1070 g/mol. The van der Waals surface area contributed by atoms with Gasteiger partial charge in [0.1, 0.15) is 35.6 Å². The van der Waals surface area contributed by atoms with E-state index < -0.39 is 18.3 Å². The summed E-state index contributed by atoms with van der Waals surface area (Å²) in [5.41, 5.74) is 7.82. The summed E-state index contributed by atoms with van der Waals surface area (Å²) >= 11 is 3.53. The fourth-order valence-electron chi connectivity index (χ4n) is 11.1. The molecule has 8 aromatic carbocycles. The maximum atomic E-state index is 10.8. The van der Waals surface area contributed by atoms with Crippen LogP contribution in [0.2, 0.25) is 0 Å². The molecule has 6 atom stereocenters. The second-order valence-electron chi connectivity index (χ2n) is 19.8. The lowest BCUT2D eigenvalue weighted by Crippen LogP contribution is -2.20. The minimum atomic E-state index is -0.640. The zero-order chi connectivity index (χ0) is 55.5. The Morgan fingerprint density at radius 1 is 0.430 bits per heavy atom. The van der Waals surface area contributed by atoms with Gasteiger partial charge in [-0.05, 0) is 118 Å². The van der Waals surface area contributed by atoms with Crippen molar-refractivity contribution >= 4 is 37.5 Å². The van der Waals surface area contributed by atoms with E-state index in [1.807, 2.05) is 97.1 Å². The van der Waals surface area contributed by atoms with Crippen LogP contribution in [0.3, 0.4) is 0 Å². The Hall–Kier alpha value is -7.56. The van der Waals surface area contributed by atoms with E-state index in [1.165, 1.54) is 38.2 Å². The van der Waals surface area contributed by atoms with E-state index in [4.69, 9.17) is 47.4 Å². The number of halogens is 1. The van der Waals surface area contributed by atoms with Gasteiger partial charge in [-0.15, -0.1) is 0 Å². The maximum Gasteiger partial charge on any atom is 0.203 e. The number of rotatable bonds is 10. The molecule has 12 rings (SSSR count). The summed E-state index contributed by atoms with van der Waals surface area (Å²) in [4.78, 5) is 0. The molecule has 0 bridgehead atoms. The molecule has 1 aliphatic carbocycles. The summed E-state index contributed by atoms with van der Waals surface area (Å²) in [6.45, 7) is 0. The number of aliphatic hydroxyl groups is 3. The van der Waals surface area contributed by atoms with Crippen molar-refractivity contribution < 1.29 is 67.8 Å². The molecule has 0 saturated heterocycles. The average Bonchev–Trinajstić information content (AvgIpc) is 3.48. The molecule has 0 spiro atoms. The normalized spacial score (nSPS) is 19.6. The molecule has 0 fully saturated rings. The van der Waals surface area contributed by atoms with Crippen LogP contribution in [-0.4, -0.2) is 70.2 Å². The Morgan fingerprint density at radius 3 is 1.30 bits per heavy atom. The molecule has 0 aromatic heterocycles. The number of ether oxygens (including phenoxy) is 10. The van der Waals surface area contributed by atoms with E-state index in [2.05, 4.69) is 28.1 Å². The number of methoxy groups -OCH3 is 7. The van der Waals surface area contributed by atoms with Crippen molar-refractivity contribution in [3.05, 3.63) is 170 Å². The summed E-state index contributed by atoms with van der Waals surface area (Å²) in [6, 6.07) is 39.2. The summed E-state index contributed by atoms with van der Waals surface area (Å²) < 4.78 is 57.4. The van der Waals surface area contributed by atoms with E-state index in [9.17, 15) is 20.4 Å². The van der Waals surface area contributed by atoms with E-state index in [0.717, 1.165) is 83.7 Å². The molecule has 79 heavy (non-hydrogen) atoms. The molecule has 3 aliphatic heterocycles. The van der Waals surface area contributed by atoms with Crippen molar-refractivity contribution in [2.75, 3.05) is 49.8 Å². The van der Waals surface area contributed by atoms with Crippen molar-refractivity contribution in [1.29, 1.82) is 0 Å². The third-order valence-electron chi connectivity index (χ3n) is 15.2. The Labute approximate surface area is 468 Å². The molecule has 0 saturated carbocycles. The molecule has 8 aromatic rings. The first kappa shape index (κ1) is 54.8. The van der Waals surface area contributed by atoms with Crippen LogP contribution in [0.1, 0.15) is 113 Å². The van der Waals surface area contributed by atoms with Crippen LogP contribution in [0.15, 0.2) is 126 Å². The van der Waals surface area contributed by atoms with Gasteiger partial charge in [0.15, 0.2) is 34.5 Å². The minimum Gasteiger partial charge on any atom is -0.502 e. The molecule has 15 heteroatoms. The van der Waals surface area contributed by atoms with Crippen molar-refractivity contribution in [2.45, 2.75) is 81.6 Å². The maximum absolute atomic E-state index is 10.8. The Bertz CT molecular complexity index is 3460. The SMILES string of the molecule is COc1cc([C@@H]2CC(O)c3cc4c(cc3O2)CCCC4)cc(OC)c1OC.COc1cc([C@@H]2CC(O)c3ccc4ccccc4c3O2)cc(Br)c1OC.COc1cc([C@@H]2CC(O)c3ccc4ccccc4c3O2)cc(OC)c1O. The first-order valence-corrected chi connectivity index (χ1v) is 27.1. The van der Waals surface area contributed by atoms with Gasteiger partial charge in [0.25, 0.3) is 0 Å². The predicted molar refractivity (Wildman–Crippen MR) is 304 cm³/mol. The zero-order valence-electron chi connectivity index (χ0n) is 45.2. The lowest BCUT2D eigenvalue weighted by Gasteiger charge is -2.32. The van der Waals surface area contributed by atoms with E-state index >= 15 is 0 Å². The fraction of sp³-hybridized carbons (Fsp3) is 0.312. The third-order valence-corrected chi connectivity index (χ3v) is 15.8. The zero-order valence-corrected chi connectivity index (χ0v) is 46.8. The summed E-state index contributed by atoms with van der Waals surface area (Å²) in [6.07, 6.45) is 3.27. The number of aliphatic hydroxyl groups excluding tert-OH is 3. The molecule has 0 amide bonds. The van der Waals surface area contributed by atoms with Gasteiger partial charge in [-0.2, -0.15) is 0 Å². The molecule has 14 nitrogen and oxygen atoms in total. The van der Waals surface area contributed by atoms with Gasteiger partial charge in [-0.25, -0.2) is 0 Å². The Balaban J connectivity index is 0.000000134. The number of hydrogen-bond donors (Lipinski definition) is 4. The number of fused-ring (bicyclic) bond motifs is 8. The highest BCUT2D eigenvalue weighted by Crippen LogP contribution is 2.51. The first-order valence-electron chi connectivity index (χ1n) is 26.3. The second-order valence-corrected chi connectivity index (χ2v) is 20.7. The monoisotopic (exact) mass is 1140 g/mol. The number of benzene rings is 8. The van der Waals surface area contributed by atoms with Crippen LogP contribution in [0.4, 0.5) is 0 Å². The van der Waals surface area contributed by atoms with Gasteiger partial charge < -0.3 is 67.8 Å². The second kappa shape index (κ2) is 23.8. The van der Waals surface area contributed by atoms with Gasteiger partial charge in [0.05, 0.1) is 72.6 Å². The molecule has 4 N–H and O–H groups in total. The van der Waals surface area contributed by atoms with Gasteiger partial charge >= 0.3 is 0 Å². The molecule has 412 valence electrons. The van der Waals surface area contributed by atoms with Crippen molar-refractivity contribution in [2.24, 2.45) is 0 Å². The van der Waals surface area contributed by atoms with Crippen molar-refractivity contribution in [3.63, 3.8) is 0 Å². The van der Waals surface area contributed by atoms with E-state index in [0.29, 0.717) is 65.3 Å². The average molecular weight is 1140 g/mol. The van der Waals surface area contributed by atoms with Crippen molar-refractivity contribution in [3.8, 4) is 63.2 Å². The van der Waals surface area contributed by atoms with Gasteiger partial charge in [-0.3, -0.25) is 0 Å². The Kier molecular flexibility index (Phi) is 16.5. The number of phenolic OH excluding ortho intramolecular Hbond substituents is 1. The summed E-state index contributed by atoms with van der Waals surface area (Å²) in [7, 11) is 11.0. The lowest BCUT2D eigenvalue weighted by molar-refractivity contribution is 0.0651. The van der Waals surface area contributed by atoms with Gasteiger partial charge in [0, 0.05) is 57.9 Å². The van der Waals surface area contributed by atoms with Crippen LogP contribution in [0.5, 0.6) is 63.2 Å². The van der Waals surface area contributed by atoms with Crippen LogP contribution in [0.25, 0.3) is 21.5 Å². The summed E-state index contributed by atoms with van der Waals surface area (Å²) in [5, 5.41) is 46.4. The quantitative estimate of drug-likeness (QED) is 0.102. The van der Waals surface area contributed by atoms with Crippen molar-refractivity contribution in [1.82, 2.24) is 0 Å². The fourth-order valence-corrected chi connectivity index (χ4v) is 11.8. The smallest absolute Gasteiger partial charge is 0.203 e.